The molecule has 8 nitrogen and oxygen atoms in total. The fraction of sp³-hybridized carbons (Fsp3) is 0.320. The zero-order chi connectivity index (χ0) is 23.2. The molecule has 8 heteroatoms. The number of aryl methyl sites for hydroxylation is 2. The zero-order valence-electron chi connectivity index (χ0n) is 19.1. The molecule has 0 unspecified atom stereocenters. The summed E-state index contributed by atoms with van der Waals surface area (Å²) in [6, 6.07) is 16.3. The van der Waals surface area contributed by atoms with Crippen molar-refractivity contribution in [3.63, 3.8) is 0 Å². The van der Waals surface area contributed by atoms with Crippen molar-refractivity contribution in [1.29, 1.82) is 0 Å². The number of nitrogens with one attached hydrogen (secondary N) is 1. The normalized spacial score (nSPS) is 11.2. The Labute approximate surface area is 193 Å². The van der Waals surface area contributed by atoms with Gasteiger partial charge < -0.3 is 0 Å². The van der Waals surface area contributed by atoms with Gasteiger partial charge in [0.1, 0.15) is 5.82 Å². The Balaban J connectivity index is 1.56. The first kappa shape index (κ1) is 22.4. The molecule has 0 radical (unpaired) electrons. The lowest BCUT2D eigenvalue weighted by Gasteiger charge is -2.08. The van der Waals surface area contributed by atoms with Gasteiger partial charge in [-0.2, -0.15) is 10.3 Å². The molecule has 1 N–H and O–H groups in total. The molecule has 0 amide bonds. The van der Waals surface area contributed by atoms with Crippen LogP contribution in [0, 0.1) is 5.92 Å². The third kappa shape index (κ3) is 5.34. The van der Waals surface area contributed by atoms with Crippen molar-refractivity contribution in [3.8, 4) is 22.5 Å². The molecular formula is C25H29N7O. The van der Waals surface area contributed by atoms with Crippen LogP contribution in [0.2, 0.25) is 0 Å². The van der Waals surface area contributed by atoms with E-state index in [4.69, 9.17) is 0 Å². The van der Waals surface area contributed by atoms with Gasteiger partial charge in [0, 0.05) is 18.5 Å². The van der Waals surface area contributed by atoms with Crippen LogP contribution in [0.25, 0.3) is 22.5 Å². The Hall–Kier alpha value is -3.81. The first-order chi connectivity index (χ1) is 16.0. The number of tetrazole rings is 1. The predicted octanol–water partition coefficient (Wildman–Crippen LogP) is 4.10. The van der Waals surface area contributed by atoms with Crippen molar-refractivity contribution in [2.45, 2.75) is 46.2 Å². The van der Waals surface area contributed by atoms with Crippen LogP contribution in [-0.4, -0.2) is 35.0 Å². The highest BCUT2D eigenvalue weighted by Gasteiger charge is 2.14. The van der Waals surface area contributed by atoms with Crippen LogP contribution in [0.3, 0.4) is 0 Å². The molecular weight excluding hydrogens is 414 g/mol. The lowest BCUT2D eigenvalue weighted by molar-refractivity contribution is 0.473. The van der Waals surface area contributed by atoms with E-state index in [1.54, 1.807) is 9.25 Å². The fourth-order valence-electron chi connectivity index (χ4n) is 3.69. The number of aromatic nitrogens is 7. The number of nitrogens with zero attached hydrogens (tertiary/aromatic N) is 6. The van der Waals surface area contributed by atoms with Gasteiger partial charge in [-0.05, 0) is 46.7 Å². The summed E-state index contributed by atoms with van der Waals surface area (Å²) >= 11 is 0. The first-order valence-corrected chi connectivity index (χ1v) is 11.3. The van der Waals surface area contributed by atoms with Crippen molar-refractivity contribution < 1.29 is 0 Å². The standard InChI is InChI=1S/C25H29N7O/c1-4-5-9-23-28-32(15-14-18(2)3)25(33)31(23)17-19-10-12-20(13-11-19)21-7-6-8-22(16-21)24-26-29-30-27-24/h4,6-8,10-13,16,18H,1,5,9,14-15,17H2,2-3H3,(H,26,27,29,30). The Morgan fingerprint density at radius 3 is 2.58 bits per heavy atom. The summed E-state index contributed by atoms with van der Waals surface area (Å²) in [7, 11) is 0. The number of hydrogen-bond donors (Lipinski definition) is 1. The summed E-state index contributed by atoms with van der Waals surface area (Å²) in [4.78, 5) is 13.0. The molecule has 0 atom stereocenters. The molecule has 0 spiro atoms. The van der Waals surface area contributed by atoms with Gasteiger partial charge in [-0.1, -0.05) is 62.4 Å². The molecule has 2 aromatic heterocycles. The monoisotopic (exact) mass is 443 g/mol. The summed E-state index contributed by atoms with van der Waals surface area (Å²) in [6.07, 6.45) is 4.28. The van der Waals surface area contributed by atoms with Crippen LogP contribution in [0.1, 0.15) is 38.1 Å². The average molecular weight is 444 g/mol. The summed E-state index contributed by atoms with van der Waals surface area (Å²) in [6.45, 7) is 9.25. The van der Waals surface area contributed by atoms with Crippen LogP contribution in [0.4, 0.5) is 0 Å². The number of hydrogen-bond acceptors (Lipinski definition) is 5. The van der Waals surface area contributed by atoms with Crippen molar-refractivity contribution >= 4 is 0 Å². The summed E-state index contributed by atoms with van der Waals surface area (Å²) < 4.78 is 3.39. The molecule has 2 heterocycles. The molecule has 4 rings (SSSR count). The number of benzene rings is 2. The van der Waals surface area contributed by atoms with E-state index in [2.05, 4.69) is 76.5 Å². The Kier molecular flexibility index (Phi) is 6.92. The molecule has 0 fully saturated rings. The molecule has 0 aliphatic heterocycles. The highest BCUT2D eigenvalue weighted by atomic mass is 16.2. The Morgan fingerprint density at radius 2 is 1.88 bits per heavy atom. The minimum Gasteiger partial charge on any atom is -0.274 e. The van der Waals surface area contributed by atoms with E-state index >= 15 is 0 Å². The van der Waals surface area contributed by atoms with Crippen LogP contribution in [0.5, 0.6) is 0 Å². The van der Waals surface area contributed by atoms with Crippen LogP contribution in [-0.2, 0) is 19.5 Å². The highest BCUT2D eigenvalue weighted by Crippen LogP contribution is 2.24. The number of rotatable bonds is 10. The van der Waals surface area contributed by atoms with Gasteiger partial charge in [-0.3, -0.25) is 4.57 Å². The maximum atomic E-state index is 13.0. The quantitative estimate of drug-likeness (QED) is 0.372. The molecule has 0 aliphatic carbocycles. The van der Waals surface area contributed by atoms with E-state index in [0.29, 0.717) is 31.3 Å². The van der Waals surface area contributed by atoms with Gasteiger partial charge in [0.2, 0.25) is 5.82 Å². The SMILES string of the molecule is C=CCCc1nn(CCC(C)C)c(=O)n1Cc1ccc(-c2cccc(-c3nn[nH]n3)c2)cc1. The van der Waals surface area contributed by atoms with Crippen molar-refractivity contribution in [1.82, 2.24) is 35.0 Å². The third-order valence-corrected chi connectivity index (χ3v) is 5.58. The zero-order valence-corrected chi connectivity index (χ0v) is 19.1. The molecule has 170 valence electrons. The molecule has 2 aromatic carbocycles. The first-order valence-electron chi connectivity index (χ1n) is 11.3. The lowest BCUT2D eigenvalue weighted by Crippen LogP contribution is -2.26. The van der Waals surface area contributed by atoms with E-state index in [-0.39, 0.29) is 5.69 Å². The molecule has 0 saturated heterocycles. The summed E-state index contributed by atoms with van der Waals surface area (Å²) in [5, 5.41) is 18.8. The lowest BCUT2D eigenvalue weighted by atomic mass is 10.0. The van der Waals surface area contributed by atoms with Gasteiger partial charge in [0.15, 0.2) is 0 Å². The molecule has 33 heavy (non-hydrogen) atoms. The van der Waals surface area contributed by atoms with Gasteiger partial charge in [0.25, 0.3) is 0 Å². The smallest absolute Gasteiger partial charge is 0.274 e. The van der Waals surface area contributed by atoms with Gasteiger partial charge >= 0.3 is 5.69 Å². The topological polar surface area (TPSA) is 94.3 Å². The second-order valence-corrected chi connectivity index (χ2v) is 8.53. The van der Waals surface area contributed by atoms with Gasteiger partial charge in [-0.25, -0.2) is 9.48 Å². The number of allylic oxidation sites excluding steroid dienone is 1. The van der Waals surface area contributed by atoms with Crippen LogP contribution < -0.4 is 5.69 Å². The second-order valence-electron chi connectivity index (χ2n) is 8.53. The summed E-state index contributed by atoms with van der Waals surface area (Å²) in [5.41, 5.74) is 4.05. The minimum atomic E-state index is -0.0494. The minimum absolute atomic E-state index is 0.0494. The highest BCUT2D eigenvalue weighted by molar-refractivity contribution is 5.70. The largest absolute Gasteiger partial charge is 0.346 e. The summed E-state index contributed by atoms with van der Waals surface area (Å²) in [5.74, 6) is 1.89. The van der Waals surface area contributed by atoms with Crippen molar-refractivity contribution in [3.05, 3.63) is 83.1 Å². The number of aromatic amines is 1. The average Bonchev–Trinajstić information content (AvgIpc) is 3.46. The maximum Gasteiger partial charge on any atom is 0.346 e. The fourth-order valence-corrected chi connectivity index (χ4v) is 3.69. The van der Waals surface area contributed by atoms with E-state index in [9.17, 15) is 4.79 Å². The molecule has 0 saturated carbocycles. The second kappa shape index (κ2) is 10.2. The van der Waals surface area contributed by atoms with Crippen LogP contribution in [0.15, 0.2) is 66.0 Å². The molecule has 0 aliphatic rings. The van der Waals surface area contributed by atoms with Crippen molar-refractivity contribution in [2.75, 3.05) is 0 Å². The molecule has 4 aromatic rings. The van der Waals surface area contributed by atoms with Crippen molar-refractivity contribution in [2.24, 2.45) is 5.92 Å². The predicted molar refractivity (Wildman–Crippen MR) is 129 cm³/mol. The van der Waals surface area contributed by atoms with E-state index in [0.717, 1.165) is 40.9 Å². The number of H-pyrrole nitrogens is 1. The molecule has 0 bridgehead atoms. The van der Waals surface area contributed by atoms with E-state index in [1.807, 2.05) is 24.3 Å². The van der Waals surface area contributed by atoms with E-state index in [1.165, 1.54) is 0 Å². The van der Waals surface area contributed by atoms with Gasteiger partial charge in [-0.15, -0.1) is 16.8 Å². The van der Waals surface area contributed by atoms with E-state index < -0.39 is 0 Å². The van der Waals surface area contributed by atoms with Crippen LogP contribution >= 0.6 is 0 Å². The Bertz CT molecular complexity index is 1250. The van der Waals surface area contributed by atoms with Gasteiger partial charge in [0.05, 0.1) is 6.54 Å². The Morgan fingerprint density at radius 1 is 1.09 bits per heavy atom. The maximum absolute atomic E-state index is 13.0. The third-order valence-electron chi connectivity index (χ3n) is 5.58.